The number of hydrogen-bond acceptors (Lipinski definition) is 3. The van der Waals surface area contributed by atoms with Crippen LogP contribution < -0.4 is 10.2 Å². The molecule has 2 heterocycles. The molecule has 1 N–H and O–H groups in total. The first-order valence-corrected chi connectivity index (χ1v) is 8.77. The second-order valence-corrected chi connectivity index (χ2v) is 6.68. The Bertz CT molecular complexity index is 1030. The fraction of sp³-hybridized carbons (Fsp3) is 0.200. The van der Waals surface area contributed by atoms with Crippen LogP contribution >= 0.6 is 0 Å². The lowest BCUT2D eigenvalue weighted by Crippen LogP contribution is -2.42. The summed E-state index contributed by atoms with van der Waals surface area (Å²) < 4.78 is 41.8. The molecule has 2 aromatic carbocycles. The molecule has 0 aliphatic carbocycles. The number of benzene rings is 2. The summed E-state index contributed by atoms with van der Waals surface area (Å²) in [7, 11) is 0. The van der Waals surface area contributed by atoms with E-state index in [-0.39, 0.29) is 30.0 Å². The van der Waals surface area contributed by atoms with Crippen LogP contribution in [-0.4, -0.2) is 22.2 Å². The minimum Gasteiger partial charge on any atom is -0.377 e. The monoisotopic (exact) mass is 386 g/mol. The van der Waals surface area contributed by atoms with Crippen molar-refractivity contribution in [3.05, 3.63) is 77.4 Å². The fourth-order valence-corrected chi connectivity index (χ4v) is 3.25. The van der Waals surface area contributed by atoms with Crippen LogP contribution in [0.2, 0.25) is 0 Å². The van der Waals surface area contributed by atoms with Gasteiger partial charge in [-0.3, -0.25) is 9.48 Å². The molecule has 0 spiro atoms. The molecule has 0 saturated heterocycles. The Hall–Kier alpha value is -3.29. The molecular formula is C20H17F3N4O. The first kappa shape index (κ1) is 18.1. The summed E-state index contributed by atoms with van der Waals surface area (Å²) in [6.07, 6.45) is 0. The lowest BCUT2D eigenvalue weighted by molar-refractivity contribution is 0.0953. The third kappa shape index (κ3) is 3.33. The van der Waals surface area contributed by atoms with Gasteiger partial charge in [-0.2, -0.15) is 5.10 Å². The molecule has 1 aliphatic rings. The first-order chi connectivity index (χ1) is 13.4. The summed E-state index contributed by atoms with van der Waals surface area (Å²) in [5.74, 6) is -1.74. The molecule has 144 valence electrons. The molecule has 0 saturated carbocycles. The van der Waals surface area contributed by atoms with Crippen molar-refractivity contribution in [1.82, 2.24) is 9.78 Å². The van der Waals surface area contributed by atoms with Crippen LogP contribution in [0.25, 0.3) is 0 Å². The van der Waals surface area contributed by atoms with E-state index in [1.807, 2.05) is 6.92 Å². The highest BCUT2D eigenvalue weighted by atomic mass is 19.1. The van der Waals surface area contributed by atoms with Gasteiger partial charge in [-0.15, -0.1) is 0 Å². The van der Waals surface area contributed by atoms with Crippen LogP contribution in [0.5, 0.6) is 0 Å². The number of anilines is 2. The van der Waals surface area contributed by atoms with Gasteiger partial charge in [-0.05, 0) is 55.5 Å². The second-order valence-electron chi connectivity index (χ2n) is 6.68. The standard InChI is InChI=1S/C20H17F3N4O/c1-12-11-26(16-5-2-13(21)3-6-16)20(28)19-9-15(25-27(12)19)10-24-18-8-14(22)4-7-17(18)23/h2-9,12,24H,10-11H2,1H3/t12-/m0/s1. The smallest absolute Gasteiger partial charge is 0.276 e. The minimum absolute atomic E-state index is 0.0262. The molecular weight excluding hydrogens is 369 g/mol. The molecule has 4 rings (SSSR count). The van der Waals surface area contributed by atoms with E-state index < -0.39 is 11.6 Å². The summed E-state index contributed by atoms with van der Waals surface area (Å²) >= 11 is 0. The number of nitrogens with zero attached hydrogens (tertiary/aromatic N) is 3. The molecule has 1 amide bonds. The maximum absolute atomic E-state index is 13.7. The zero-order valence-electron chi connectivity index (χ0n) is 15.0. The van der Waals surface area contributed by atoms with Gasteiger partial charge in [0.1, 0.15) is 23.1 Å². The van der Waals surface area contributed by atoms with E-state index in [1.54, 1.807) is 27.8 Å². The normalized spacial score (nSPS) is 16.2. The molecule has 0 radical (unpaired) electrons. The van der Waals surface area contributed by atoms with E-state index in [1.165, 1.54) is 12.1 Å². The summed E-state index contributed by atoms with van der Waals surface area (Å²) in [5, 5.41) is 7.22. The van der Waals surface area contributed by atoms with Crippen molar-refractivity contribution in [2.24, 2.45) is 0 Å². The maximum atomic E-state index is 13.7. The summed E-state index contributed by atoms with van der Waals surface area (Å²) in [6.45, 7) is 2.45. The quantitative estimate of drug-likeness (QED) is 0.733. The summed E-state index contributed by atoms with van der Waals surface area (Å²) in [5.41, 5.74) is 1.55. The number of aromatic nitrogens is 2. The van der Waals surface area contributed by atoms with Crippen molar-refractivity contribution in [2.75, 3.05) is 16.8 Å². The van der Waals surface area contributed by atoms with Crippen LogP contribution in [0.4, 0.5) is 24.5 Å². The maximum Gasteiger partial charge on any atom is 0.276 e. The lowest BCUT2D eigenvalue weighted by Gasteiger charge is -2.31. The van der Waals surface area contributed by atoms with Gasteiger partial charge in [0, 0.05) is 12.2 Å². The number of hydrogen-bond donors (Lipinski definition) is 1. The van der Waals surface area contributed by atoms with Crippen LogP contribution in [-0.2, 0) is 6.54 Å². The van der Waals surface area contributed by atoms with Crippen molar-refractivity contribution in [3.8, 4) is 0 Å². The Morgan fingerprint density at radius 1 is 1.07 bits per heavy atom. The third-order valence-electron chi connectivity index (χ3n) is 4.64. The first-order valence-electron chi connectivity index (χ1n) is 8.77. The van der Waals surface area contributed by atoms with Crippen LogP contribution in [0.3, 0.4) is 0 Å². The van der Waals surface area contributed by atoms with Crippen molar-refractivity contribution in [3.63, 3.8) is 0 Å². The lowest BCUT2D eigenvalue weighted by atomic mass is 10.1. The van der Waals surface area contributed by atoms with Gasteiger partial charge in [0.15, 0.2) is 0 Å². The molecule has 1 aromatic heterocycles. The highest BCUT2D eigenvalue weighted by Gasteiger charge is 2.31. The SMILES string of the molecule is C[C@H]1CN(c2ccc(F)cc2)C(=O)c2cc(CNc3cc(F)ccc3F)nn21. The zero-order valence-corrected chi connectivity index (χ0v) is 15.0. The van der Waals surface area contributed by atoms with Crippen molar-refractivity contribution in [1.29, 1.82) is 0 Å². The predicted molar refractivity (Wildman–Crippen MR) is 98.7 cm³/mol. The van der Waals surface area contributed by atoms with Gasteiger partial charge in [0.2, 0.25) is 0 Å². The van der Waals surface area contributed by atoms with Gasteiger partial charge in [-0.25, -0.2) is 13.2 Å². The number of carbonyl (C=O) groups is 1. The highest BCUT2D eigenvalue weighted by Crippen LogP contribution is 2.27. The Morgan fingerprint density at radius 2 is 1.79 bits per heavy atom. The molecule has 0 unspecified atom stereocenters. The van der Waals surface area contributed by atoms with Crippen LogP contribution in [0, 0.1) is 17.5 Å². The van der Waals surface area contributed by atoms with Gasteiger partial charge >= 0.3 is 0 Å². The van der Waals surface area contributed by atoms with E-state index in [0.29, 0.717) is 23.6 Å². The third-order valence-corrected chi connectivity index (χ3v) is 4.64. The Labute approximate surface area is 159 Å². The molecule has 0 bridgehead atoms. The van der Waals surface area contributed by atoms with E-state index >= 15 is 0 Å². The van der Waals surface area contributed by atoms with Crippen LogP contribution in [0.1, 0.15) is 29.1 Å². The molecule has 5 nitrogen and oxygen atoms in total. The molecule has 28 heavy (non-hydrogen) atoms. The average Bonchev–Trinajstić information content (AvgIpc) is 3.11. The number of amides is 1. The van der Waals surface area contributed by atoms with Gasteiger partial charge in [-0.1, -0.05) is 0 Å². The highest BCUT2D eigenvalue weighted by molar-refractivity contribution is 6.05. The average molecular weight is 386 g/mol. The van der Waals surface area contributed by atoms with Crippen molar-refractivity contribution in [2.45, 2.75) is 19.5 Å². The largest absolute Gasteiger partial charge is 0.377 e. The second kappa shape index (κ2) is 7.03. The number of rotatable bonds is 4. The van der Waals surface area contributed by atoms with Crippen LogP contribution in [0.15, 0.2) is 48.5 Å². The van der Waals surface area contributed by atoms with Crippen molar-refractivity contribution < 1.29 is 18.0 Å². The predicted octanol–water partition coefficient (Wildman–Crippen LogP) is 4.13. The molecule has 3 aromatic rings. The fourth-order valence-electron chi connectivity index (χ4n) is 3.25. The van der Waals surface area contributed by atoms with Gasteiger partial charge in [0.05, 0.1) is 24.0 Å². The molecule has 1 aliphatic heterocycles. The topological polar surface area (TPSA) is 50.2 Å². The van der Waals surface area contributed by atoms with E-state index in [9.17, 15) is 18.0 Å². The number of nitrogens with one attached hydrogen (secondary N) is 1. The Morgan fingerprint density at radius 3 is 2.54 bits per heavy atom. The Balaban J connectivity index is 1.56. The van der Waals surface area contributed by atoms with Crippen molar-refractivity contribution >= 4 is 17.3 Å². The Kier molecular flexibility index (Phi) is 4.54. The minimum atomic E-state index is -0.572. The summed E-state index contributed by atoms with van der Waals surface area (Å²) in [6, 6.07) is 10.4. The summed E-state index contributed by atoms with van der Waals surface area (Å²) in [4.78, 5) is 14.4. The molecule has 1 atom stereocenters. The van der Waals surface area contributed by atoms with Gasteiger partial charge in [0.25, 0.3) is 5.91 Å². The number of carbonyl (C=O) groups excluding carboxylic acids is 1. The zero-order chi connectivity index (χ0) is 19.8. The number of fused-ring (bicyclic) bond motifs is 1. The van der Waals surface area contributed by atoms with E-state index in [4.69, 9.17) is 0 Å². The molecule has 8 heteroatoms. The van der Waals surface area contributed by atoms with E-state index in [2.05, 4.69) is 10.4 Å². The van der Waals surface area contributed by atoms with E-state index in [0.717, 1.165) is 18.2 Å². The van der Waals surface area contributed by atoms with Gasteiger partial charge < -0.3 is 10.2 Å². The molecule has 0 fully saturated rings. The number of halogens is 3.